The van der Waals surface area contributed by atoms with Crippen molar-refractivity contribution in [2.45, 2.75) is 25.5 Å². The molecule has 1 fully saturated rings. The second-order valence-corrected chi connectivity index (χ2v) is 5.21. The minimum atomic E-state index is 0.233. The summed E-state index contributed by atoms with van der Waals surface area (Å²) in [5.41, 5.74) is 1.01. The summed E-state index contributed by atoms with van der Waals surface area (Å²) in [7, 11) is 1.66. The Morgan fingerprint density at radius 2 is 2.25 bits per heavy atom. The lowest BCUT2D eigenvalue weighted by Crippen LogP contribution is -2.16. The van der Waals surface area contributed by atoms with E-state index in [9.17, 15) is 0 Å². The molecule has 6 heteroatoms. The Morgan fingerprint density at radius 3 is 2.90 bits per heavy atom. The third kappa shape index (κ3) is 2.62. The second kappa shape index (κ2) is 5.76. The Hall–Kier alpha value is -1.66. The fourth-order valence-corrected chi connectivity index (χ4v) is 2.65. The second-order valence-electron chi connectivity index (χ2n) is 4.83. The first-order chi connectivity index (χ1) is 9.78. The van der Waals surface area contributed by atoms with Gasteiger partial charge in [-0.25, -0.2) is 0 Å². The molecule has 1 aliphatic heterocycles. The summed E-state index contributed by atoms with van der Waals surface area (Å²) in [6.45, 7) is 1.59. The monoisotopic (exact) mass is 291 g/mol. The highest BCUT2D eigenvalue weighted by molar-refractivity contribution is 7.71. The predicted octanol–water partition coefficient (Wildman–Crippen LogP) is 2.80. The topological polar surface area (TPSA) is 52.1 Å². The zero-order valence-corrected chi connectivity index (χ0v) is 12.2. The quantitative estimate of drug-likeness (QED) is 0.880. The highest BCUT2D eigenvalue weighted by Gasteiger charge is 2.19. The Bertz CT molecular complexity index is 627. The van der Waals surface area contributed by atoms with Crippen LogP contribution in [-0.4, -0.2) is 34.6 Å². The summed E-state index contributed by atoms with van der Waals surface area (Å²) in [5.74, 6) is 1.67. The third-order valence-electron chi connectivity index (χ3n) is 3.52. The number of aromatic amines is 1. The standard InChI is InChI=1S/C14H17N3O2S/c1-18-11-6-4-10(5-7-11)13-15-16-14(20)17(13)9-12-3-2-8-19-12/h4-7,12H,2-3,8-9H2,1H3,(H,16,20)/t12-/m1/s1. The smallest absolute Gasteiger partial charge is 0.195 e. The molecule has 0 radical (unpaired) electrons. The van der Waals surface area contributed by atoms with Gasteiger partial charge in [0.25, 0.3) is 0 Å². The Balaban J connectivity index is 1.90. The third-order valence-corrected chi connectivity index (χ3v) is 3.83. The summed E-state index contributed by atoms with van der Waals surface area (Å²) in [6, 6.07) is 7.80. The van der Waals surface area contributed by atoms with Gasteiger partial charge in [-0.15, -0.1) is 0 Å². The minimum absolute atomic E-state index is 0.233. The molecule has 2 heterocycles. The van der Waals surface area contributed by atoms with Gasteiger partial charge in [-0.05, 0) is 49.3 Å². The maximum Gasteiger partial charge on any atom is 0.195 e. The molecule has 3 rings (SSSR count). The highest BCUT2D eigenvalue weighted by atomic mass is 32.1. The fourth-order valence-electron chi connectivity index (χ4n) is 2.44. The molecule has 0 bridgehead atoms. The number of hydrogen-bond acceptors (Lipinski definition) is 4. The summed E-state index contributed by atoms with van der Waals surface area (Å²) in [5, 5.41) is 7.20. The first kappa shape index (κ1) is 13.3. The van der Waals surface area contributed by atoms with Crippen molar-refractivity contribution < 1.29 is 9.47 Å². The average Bonchev–Trinajstić information content (AvgIpc) is 3.11. The van der Waals surface area contributed by atoms with Crippen molar-refractivity contribution in [2.75, 3.05) is 13.7 Å². The molecule has 0 unspecified atom stereocenters. The number of rotatable bonds is 4. The number of nitrogens with zero attached hydrogens (tertiary/aromatic N) is 2. The molecular weight excluding hydrogens is 274 g/mol. The lowest BCUT2D eigenvalue weighted by Gasteiger charge is -2.12. The van der Waals surface area contributed by atoms with Gasteiger partial charge >= 0.3 is 0 Å². The molecule has 5 nitrogen and oxygen atoms in total. The zero-order valence-electron chi connectivity index (χ0n) is 11.3. The Kier molecular flexibility index (Phi) is 3.84. The van der Waals surface area contributed by atoms with E-state index in [1.54, 1.807) is 7.11 Å². The van der Waals surface area contributed by atoms with E-state index in [0.717, 1.165) is 43.1 Å². The molecule has 2 aromatic rings. The molecule has 1 atom stereocenters. The van der Waals surface area contributed by atoms with Crippen LogP contribution in [0.3, 0.4) is 0 Å². The van der Waals surface area contributed by atoms with Crippen molar-refractivity contribution in [3.05, 3.63) is 29.0 Å². The predicted molar refractivity (Wildman–Crippen MR) is 78.4 cm³/mol. The molecule has 1 aromatic carbocycles. The molecular formula is C14H17N3O2S. The van der Waals surface area contributed by atoms with Crippen molar-refractivity contribution in [2.24, 2.45) is 0 Å². The molecule has 1 saturated heterocycles. The average molecular weight is 291 g/mol. The first-order valence-electron chi connectivity index (χ1n) is 6.69. The molecule has 0 saturated carbocycles. The van der Waals surface area contributed by atoms with E-state index < -0.39 is 0 Å². The van der Waals surface area contributed by atoms with Crippen molar-refractivity contribution in [3.63, 3.8) is 0 Å². The maximum absolute atomic E-state index is 5.68. The molecule has 1 N–H and O–H groups in total. The molecule has 1 aromatic heterocycles. The fraction of sp³-hybridized carbons (Fsp3) is 0.429. The number of hydrogen-bond donors (Lipinski definition) is 1. The SMILES string of the molecule is COc1ccc(-c2n[nH]c(=S)n2C[C@H]2CCCO2)cc1. The van der Waals surface area contributed by atoms with Gasteiger partial charge < -0.3 is 9.47 Å². The summed E-state index contributed by atoms with van der Waals surface area (Å²) in [6.07, 6.45) is 2.43. The van der Waals surface area contributed by atoms with Crippen molar-refractivity contribution in [3.8, 4) is 17.1 Å². The number of H-pyrrole nitrogens is 1. The lowest BCUT2D eigenvalue weighted by atomic mass is 10.2. The number of methoxy groups -OCH3 is 1. The summed E-state index contributed by atoms with van der Waals surface area (Å²) < 4.78 is 13.5. The molecule has 0 aliphatic carbocycles. The van der Waals surface area contributed by atoms with Crippen molar-refractivity contribution in [1.82, 2.24) is 14.8 Å². The van der Waals surface area contributed by atoms with Gasteiger partial charge in [-0.1, -0.05) is 0 Å². The molecule has 1 aliphatic rings. The van der Waals surface area contributed by atoms with Gasteiger partial charge in [0.05, 0.1) is 19.8 Å². The number of aromatic nitrogens is 3. The molecule has 0 spiro atoms. The van der Waals surface area contributed by atoms with Gasteiger partial charge in [0.15, 0.2) is 10.6 Å². The molecule has 106 valence electrons. The van der Waals surface area contributed by atoms with E-state index in [-0.39, 0.29) is 6.10 Å². The van der Waals surface area contributed by atoms with Crippen molar-refractivity contribution >= 4 is 12.2 Å². The van der Waals surface area contributed by atoms with Gasteiger partial charge in [0, 0.05) is 12.2 Å². The van der Waals surface area contributed by atoms with Crippen LogP contribution in [0.1, 0.15) is 12.8 Å². The van der Waals surface area contributed by atoms with Crippen LogP contribution < -0.4 is 4.74 Å². The van der Waals surface area contributed by atoms with Gasteiger partial charge in [-0.3, -0.25) is 9.67 Å². The molecule has 20 heavy (non-hydrogen) atoms. The molecule has 0 amide bonds. The van der Waals surface area contributed by atoms with Crippen LogP contribution in [0.25, 0.3) is 11.4 Å². The number of benzene rings is 1. The van der Waals surface area contributed by atoms with E-state index in [0.29, 0.717) is 4.77 Å². The van der Waals surface area contributed by atoms with Crippen LogP contribution in [0.2, 0.25) is 0 Å². The minimum Gasteiger partial charge on any atom is -0.497 e. The van der Waals surface area contributed by atoms with E-state index in [4.69, 9.17) is 21.7 Å². The zero-order chi connectivity index (χ0) is 13.9. The van der Waals surface area contributed by atoms with Crippen LogP contribution in [0.5, 0.6) is 5.75 Å². The van der Waals surface area contributed by atoms with Crippen LogP contribution in [0.4, 0.5) is 0 Å². The van der Waals surface area contributed by atoms with Gasteiger partial charge in [0.1, 0.15) is 5.75 Å². The maximum atomic E-state index is 5.68. The Labute approximate surface area is 122 Å². The van der Waals surface area contributed by atoms with Gasteiger partial charge in [-0.2, -0.15) is 5.10 Å². The normalized spacial score (nSPS) is 18.4. The van der Waals surface area contributed by atoms with E-state index >= 15 is 0 Å². The van der Waals surface area contributed by atoms with Crippen LogP contribution in [-0.2, 0) is 11.3 Å². The van der Waals surface area contributed by atoms with Crippen LogP contribution in [0.15, 0.2) is 24.3 Å². The van der Waals surface area contributed by atoms with E-state index in [1.165, 1.54) is 0 Å². The highest BCUT2D eigenvalue weighted by Crippen LogP contribution is 2.23. The van der Waals surface area contributed by atoms with E-state index in [1.807, 2.05) is 28.8 Å². The van der Waals surface area contributed by atoms with Crippen molar-refractivity contribution in [1.29, 1.82) is 0 Å². The van der Waals surface area contributed by atoms with Crippen LogP contribution in [0, 0.1) is 4.77 Å². The Morgan fingerprint density at radius 1 is 1.45 bits per heavy atom. The van der Waals surface area contributed by atoms with E-state index in [2.05, 4.69) is 10.2 Å². The van der Waals surface area contributed by atoms with Gasteiger partial charge in [0.2, 0.25) is 0 Å². The largest absolute Gasteiger partial charge is 0.497 e. The first-order valence-corrected chi connectivity index (χ1v) is 7.10. The summed E-state index contributed by atoms with van der Waals surface area (Å²) in [4.78, 5) is 0. The lowest BCUT2D eigenvalue weighted by molar-refractivity contribution is 0.0970. The number of ether oxygens (including phenoxy) is 2. The number of nitrogens with one attached hydrogen (secondary N) is 1. The summed E-state index contributed by atoms with van der Waals surface area (Å²) >= 11 is 5.32. The van der Waals surface area contributed by atoms with Crippen LogP contribution >= 0.6 is 12.2 Å².